The molecule has 1 aromatic carbocycles. The number of piperidine rings is 1. The largest absolute Gasteiger partial charge is 0.393 e. The number of anilines is 1. The molecule has 1 N–H and O–H groups in total. The van der Waals surface area contributed by atoms with Gasteiger partial charge in [-0.3, -0.25) is 0 Å². The Morgan fingerprint density at radius 3 is 2.48 bits per heavy atom. The van der Waals surface area contributed by atoms with E-state index in [-0.39, 0.29) is 13.0 Å². The van der Waals surface area contributed by atoms with E-state index in [1.54, 1.807) is 4.90 Å². The second-order valence-corrected chi connectivity index (χ2v) is 5.91. The number of rotatable bonds is 1. The molecule has 0 amide bonds. The zero-order valence-electron chi connectivity index (χ0n) is 12.1. The zero-order valence-corrected chi connectivity index (χ0v) is 12.9. The summed E-state index contributed by atoms with van der Waals surface area (Å²) in [4.78, 5) is 1.63. The molecular formula is C15H19F3N2S. The summed E-state index contributed by atoms with van der Waals surface area (Å²) in [6, 6.07) is 5.85. The summed E-state index contributed by atoms with van der Waals surface area (Å²) in [6.45, 7) is 4.42. The van der Waals surface area contributed by atoms with Gasteiger partial charge in [0.1, 0.15) is 0 Å². The van der Waals surface area contributed by atoms with Crippen LogP contribution in [0.15, 0.2) is 18.2 Å². The van der Waals surface area contributed by atoms with Gasteiger partial charge in [-0.25, -0.2) is 0 Å². The molecule has 0 radical (unpaired) electrons. The van der Waals surface area contributed by atoms with Gasteiger partial charge >= 0.3 is 6.18 Å². The Kier molecular flexibility index (Phi) is 4.76. The molecule has 0 bridgehead atoms. The first-order chi connectivity index (χ1) is 9.79. The number of thiocarbonyl (C=S) groups is 1. The molecule has 2 nitrogen and oxygen atoms in total. The number of likely N-dealkylation sites (tertiary alicyclic amines) is 1. The smallest absolute Gasteiger partial charge is 0.348 e. The first-order valence-corrected chi connectivity index (χ1v) is 7.38. The van der Waals surface area contributed by atoms with Crippen LogP contribution in [-0.4, -0.2) is 29.3 Å². The van der Waals surface area contributed by atoms with Gasteiger partial charge in [-0.1, -0.05) is 18.2 Å². The third kappa shape index (κ3) is 3.87. The summed E-state index contributed by atoms with van der Waals surface area (Å²) >= 11 is 5.30. The van der Waals surface area contributed by atoms with Crippen molar-refractivity contribution in [2.24, 2.45) is 5.92 Å². The molecule has 1 heterocycles. The van der Waals surface area contributed by atoms with E-state index in [0.29, 0.717) is 18.1 Å². The molecule has 1 unspecified atom stereocenters. The number of nitrogens with one attached hydrogen (secondary N) is 1. The van der Waals surface area contributed by atoms with E-state index >= 15 is 0 Å². The molecule has 0 spiro atoms. The Labute approximate surface area is 128 Å². The first-order valence-electron chi connectivity index (χ1n) is 6.98. The Hall–Kier alpha value is -1.30. The minimum absolute atomic E-state index is 0.0553. The summed E-state index contributed by atoms with van der Waals surface area (Å²) < 4.78 is 38.5. The van der Waals surface area contributed by atoms with Crippen LogP contribution in [-0.2, 0) is 0 Å². The molecule has 0 saturated carbocycles. The monoisotopic (exact) mass is 316 g/mol. The number of hydrogen-bond donors (Lipinski definition) is 1. The van der Waals surface area contributed by atoms with Crippen molar-refractivity contribution in [3.8, 4) is 0 Å². The van der Waals surface area contributed by atoms with E-state index in [9.17, 15) is 13.2 Å². The van der Waals surface area contributed by atoms with Crippen LogP contribution in [0.3, 0.4) is 0 Å². The van der Waals surface area contributed by atoms with Gasteiger partial charge in [0.2, 0.25) is 0 Å². The number of hydrogen-bond acceptors (Lipinski definition) is 1. The summed E-state index contributed by atoms with van der Waals surface area (Å²) in [5, 5.41) is 3.49. The lowest BCUT2D eigenvalue weighted by Gasteiger charge is -2.35. The third-order valence-corrected chi connectivity index (χ3v) is 4.24. The lowest BCUT2D eigenvalue weighted by atomic mass is 9.98. The lowest BCUT2D eigenvalue weighted by Crippen LogP contribution is -2.46. The highest BCUT2D eigenvalue weighted by Gasteiger charge is 2.42. The maximum Gasteiger partial charge on any atom is 0.393 e. The van der Waals surface area contributed by atoms with Crippen molar-refractivity contribution in [3.63, 3.8) is 0 Å². The average molecular weight is 316 g/mol. The fourth-order valence-electron chi connectivity index (χ4n) is 2.63. The van der Waals surface area contributed by atoms with Crippen molar-refractivity contribution in [1.82, 2.24) is 4.90 Å². The highest BCUT2D eigenvalue weighted by Crippen LogP contribution is 2.33. The van der Waals surface area contributed by atoms with E-state index in [1.165, 1.54) is 0 Å². The lowest BCUT2D eigenvalue weighted by molar-refractivity contribution is -0.183. The average Bonchev–Trinajstić information content (AvgIpc) is 2.42. The quantitative estimate of drug-likeness (QED) is 0.779. The highest BCUT2D eigenvalue weighted by atomic mass is 32.1. The number of benzene rings is 1. The molecule has 116 valence electrons. The highest BCUT2D eigenvalue weighted by molar-refractivity contribution is 7.80. The van der Waals surface area contributed by atoms with Crippen molar-refractivity contribution in [3.05, 3.63) is 29.3 Å². The molecule has 2 rings (SSSR count). The normalized spacial score (nSPS) is 19.5. The van der Waals surface area contributed by atoms with E-state index in [1.807, 2.05) is 32.0 Å². The minimum atomic E-state index is -4.15. The zero-order chi connectivity index (χ0) is 15.6. The van der Waals surface area contributed by atoms with Gasteiger partial charge in [-0.2, -0.15) is 13.2 Å². The summed E-state index contributed by atoms with van der Waals surface area (Å²) in [6.07, 6.45) is -3.45. The number of halogens is 3. The second-order valence-electron chi connectivity index (χ2n) is 5.52. The number of alkyl halides is 3. The molecule has 1 saturated heterocycles. The number of para-hydroxylation sites is 1. The minimum Gasteiger partial charge on any atom is -0.348 e. The number of nitrogens with zero attached hydrogens (tertiary/aromatic N) is 1. The fraction of sp³-hybridized carbons (Fsp3) is 0.533. The van der Waals surface area contributed by atoms with Crippen molar-refractivity contribution >= 4 is 23.0 Å². The maximum absolute atomic E-state index is 12.8. The summed E-state index contributed by atoms with van der Waals surface area (Å²) in [5.41, 5.74) is 2.94. The molecule has 1 aliphatic rings. The van der Waals surface area contributed by atoms with E-state index < -0.39 is 12.1 Å². The van der Waals surface area contributed by atoms with Gasteiger partial charge in [0.05, 0.1) is 5.92 Å². The Morgan fingerprint density at radius 2 is 1.90 bits per heavy atom. The van der Waals surface area contributed by atoms with Crippen molar-refractivity contribution in [2.45, 2.75) is 32.9 Å². The van der Waals surface area contributed by atoms with Crippen LogP contribution >= 0.6 is 12.2 Å². The predicted octanol–water partition coefficient (Wildman–Crippen LogP) is 4.27. The topological polar surface area (TPSA) is 15.3 Å². The SMILES string of the molecule is Cc1cccc(C)c1NC(=S)N1CCCC(C(F)(F)F)C1. The summed E-state index contributed by atoms with van der Waals surface area (Å²) in [5.74, 6) is -1.29. The molecule has 0 aliphatic carbocycles. The van der Waals surface area contributed by atoms with E-state index in [0.717, 1.165) is 16.8 Å². The van der Waals surface area contributed by atoms with Gasteiger partial charge in [0.25, 0.3) is 0 Å². The van der Waals surface area contributed by atoms with Crippen LogP contribution in [0.5, 0.6) is 0 Å². The molecular weight excluding hydrogens is 297 g/mol. The van der Waals surface area contributed by atoms with Gasteiger partial charge in [0.15, 0.2) is 5.11 Å². The van der Waals surface area contributed by atoms with E-state index in [4.69, 9.17) is 12.2 Å². The Balaban J connectivity index is 2.07. The third-order valence-electron chi connectivity index (χ3n) is 3.88. The summed E-state index contributed by atoms with van der Waals surface area (Å²) in [7, 11) is 0. The van der Waals surface area contributed by atoms with Crippen LogP contribution in [0, 0.1) is 19.8 Å². The van der Waals surface area contributed by atoms with Crippen LogP contribution in [0.1, 0.15) is 24.0 Å². The molecule has 1 aliphatic heterocycles. The van der Waals surface area contributed by atoms with Crippen LogP contribution in [0.25, 0.3) is 0 Å². The van der Waals surface area contributed by atoms with Gasteiger partial charge < -0.3 is 10.2 Å². The number of aryl methyl sites for hydroxylation is 2. The van der Waals surface area contributed by atoms with E-state index in [2.05, 4.69) is 5.32 Å². The van der Waals surface area contributed by atoms with Crippen molar-refractivity contribution < 1.29 is 13.2 Å². The van der Waals surface area contributed by atoms with Crippen LogP contribution in [0.4, 0.5) is 18.9 Å². The Bertz CT molecular complexity index is 508. The maximum atomic E-state index is 12.8. The molecule has 21 heavy (non-hydrogen) atoms. The van der Waals surface area contributed by atoms with Crippen LogP contribution in [0.2, 0.25) is 0 Å². The van der Waals surface area contributed by atoms with Crippen LogP contribution < -0.4 is 5.32 Å². The Morgan fingerprint density at radius 1 is 1.29 bits per heavy atom. The molecule has 1 atom stereocenters. The van der Waals surface area contributed by atoms with Crippen molar-refractivity contribution in [1.29, 1.82) is 0 Å². The van der Waals surface area contributed by atoms with Gasteiger partial charge in [-0.15, -0.1) is 0 Å². The fourth-order valence-corrected chi connectivity index (χ4v) is 2.89. The molecule has 1 aromatic rings. The van der Waals surface area contributed by atoms with Gasteiger partial charge in [-0.05, 0) is 50.0 Å². The van der Waals surface area contributed by atoms with Gasteiger partial charge in [0, 0.05) is 18.8 Å². The first kappa shape index (κ1) is 16.1. The standard InChI is InChI=1S/C15H19F3N2S/c1-10-5-3-6-11(2)13(10)19-14(21)20-8-4-7-12(9-20)15(16,17)18/h3,5-6,12H,4,7-9H2,1-2H3,(H,19,21). The molecule has 1 fully saturated rings. The molecule has 6 heteroatoms. The predicted molar refractivity (Wildman–Crippen MR) is 82.5 cm³/mol. The molecule has 0 aromatic heterocycles. The van der Waals surface area contributed by atoms with Crippen molar-refractivity contribution in [2.75, 3.05) is 18.4 Å². The second kappa shape index (κ2) is 6.22.